The molecule has 0 amide bonds. The fourth-order valence-corrected chi connectivity index (χ4v) is 1.12. The molecule has 0 atom stereocenters. The fraction of sp³-hybridized carbons (Fsp3) is 0.545. The van der Waals surface area contributed by atoms with Crippen molar-refractivity contribution in [3.05, 3.63) is 18.1 Å². The van der Waals surface area contributed by atoms with Gasteiger partial charge >= 0.3 is 0 Å². The summed E-state index contributed by atoms with van der Waals surface area (Å²) in [7, 11) is 4.09. The summed E-state index contributed by atoms with van der Waals surface area (Å²) in [5.41, 5.74) is 6.03. The van der Waals surface area contributed by atoms with E-state index >= 15 is 0 Å². The third kappa shape index (κ3) is 3.90. The van der Waals surface area contributed by atoms with Gasteiger partial charge in [-0.15, -0.1) is 0 Å². The molecule has 0 aliphatic carbocycles. The van der Waals surface area contributed by atoms with E-state index in [1.807, 2.05) is 14.1 Å². The number of anilines is 1. The van der Waals surface area contributed by atoms with Crippen LogP contribution in [0.15, 0.2) is 12.4 Å². The summed E-state index contributed by atoms with van der Waals surface area (Å²) in [6, 6.07) is 0. The minimum absolute atomic E-state index is 0.0452. The highest BCUT2D eigenvalue weighted by Crippen LogP contribution is 2.11. The molecule has 0 aliphatic rings. The lowest BCUT2D eigenvalue weighted by Crippen LogP contribution is -2.44. The molecular weight excluding hydrogens is 234 g/mol. The molecule has 1 aromatic heterocycles. The number of hydrogen-bond donors (Lipinski definition) is 2. The average molecular weight is 253 g/mol. The maximum Gasteiger partial charge on any atom is 0.144 e. The summed E-state index contributed by atoms with van der Waals surface area (Å²) in [6.45, 7) is 5.08. The lowest BCUT2D eigenvalue weighted by atomic mass is 10.0. The molecule has 0 saturated carbocycles. The topological polar surface area (TPSA) is 67.1 Å². The van der Waals surface area contributed by atoms with E-state index in [2.05, 4.69) is 34.0 Å². The molecule has 0 aliphatic heterocycles. The van der Waals surface area contributed by atoms with Crippen molar-refractivity contribution in [3.8, 4) is 0 Å². The predicted octanol–water partition coefficient (Wildman–Crippen LogP) is 0.863. The van der Waals surface area contributed by atoms with Crippen LogP contribution in [-0.4, -0.2) is 46.0 Å². The maximum absolute atomic E-state index is 5.45. The average Bonchev–Trinajstić information content (AvgIpc) is 2.27. The van der Waals surface area contributed by atoms with Crippen LogP contribution in [0.25, 0.3) is 0 Å². The SMILES string of the molecule is CN(C)C(C)(C)CNc1cnc(C(N)=S)cn1. The summed E-state index contributed by atoms with van der Waals surface area (Å²) in [5, 5.41) is 3.23. The Labute approximate surface area is 107 Å². The molecule has 1 rings (SSSR count). The van der Waals surface area contributed by atoms with E-state index in [0.717, 1.165) is 12.4 Å². The summed E-state index contributed by atoms with van der Waals surface area (Å²) in [6.07, 6.45) is 3.22. The lowest BCUT2D eigenvalue weighted by Gasteiger charge is -2.32. The first kappa shape index (κ1) is 13.8. The first-order valence-corrected chi connectivity index (χ1v) is 5.77. The van der Waals surface area contributed by atoms with E-state index < -0.39 is 0 Å². The zero-order chi connectivity index (χ0) is 13.1. The molecule has 0 fully saturated rings. The largest absolute Gasteiger partial charge is 0.388 e. The van der Waals surface area contributed by atoms with Crippen molar-refractivity contribution in [1.82, 2.24) is 14.9 Å². The summed E-state index contributed by atoms with van der Waals surface area (Å²) < 4.78 is 0. The minimum atomic E-state index is 0.0452. The smallest absolute Gasteiger partial charge is 0.144 e. The quantitative estimate of drug-likeness (QED) is 0.759. The van der Waals surface area contributed by atoms with Crippen LogP contribution in [0, 0.1) is 0 Å². The second kappa shape index (κ2) is 5.37. The van der Waals surface area contributed by atoms with Crippen LogP contribution in [0.1, 0.15) is 19.5 Å². The number of nitrogens with one attached hydrogen (secondary N) is 1. The lowest BCUT2D eigenvalue weighted by molar-refractivity contribution is 0.210. The highest BCUT2D eigenvalue weighted by atomic mass is 32.1. The van der Waals surface area contributed by atoms with Crippen LogP contribution in [0.3, 0.4) is 0 Å². The standard InChI is InChI=1S/C11H19N5S/c1-11(2,16(3)4)7-15-9-6-13-8(5-14-9)10(12)17/h5-6H,7H2,1-4H3,(H2,12,17)(H,14,15). The Hall–Kier alpha value is -1.27. The van der Waals surface area contributed by atoms with Gasteiger partial charge in [-0.1, -0.05) is 12.2 Å². The summed E-state index contributed by atoms with van der Waals surface area (Å²) >= 11 is 4.81. The van der Waals surface area contributed by atoms with Gasteiger partial charge in [0.15, 0.2) is 0 Å². The van der Waals surface area contributed by atoms with E-state index in [1.54, 1.807) is 12.4 Å². The molecule has 0 aromatic carbocycles. The van der Waals surface area contributed by atoms with Gasteiger partial charge in [-0.25, -0.2) is 9.97 Å². The normalized spacial score (nSPS) is 11.6. The molecule has 3 N–H and O–H groups in total. The van der Waals surface area contributed by atoms with Crippen molar-refractivity contribution < 1.29 is 0 Å². The number of thiocarbonyl (C=S) groups is 1. The van der Waals surface area contributed by atoms with Crippen LogP contribution in [-0.2, 0) is 0 Å². The van der Waals surface area contributed by atoms with Gasteiger partial charge in [0, 0.05) is 12.1 Å². The molecule has 17 heavy (non-hydrogen) atoms. The van der Waals surface area contributed by atoms with E-state index in [-0.39, 0.29) is 10.5 Å². The number of rotatable bonds is 5. The molecule has 0 spiro atoms. The van der Waals surface area contributed by atoms with Gasteiger partial charge in [-0.3, -0.25) is 0 Å². The van der Waals surface area contributed by atoms with Crippen molar-refractivity contribution in [2.45, 2.75) is 19.4 Å². The first-order valence-electron chi connectivity index (χ1n) is 5.36. The highest BCUT2D eigenvalue weighted by molar-refractivity contribution is 7.80. The Balaban J connectivity index is 2.62. The van der Waals surface area contributed by atoms with Gasteiger partial charge in [0.05, 0.1) is 12.4 Å². The van der Waals surface area contributed by atoms with E-state index in [0.29, 0.717) is 5.69 Å². The number of nitrogens with zero attached hydrogens (tertiary/aromatic N) is 3. The van der Waals surface area contributed by atoms with Crippen LogP contribution >= 0.6 is 12.2 Å². The molecule has 0 unspecified atom stereocenters. The third-order valence-electron chi connectivity index (χ3n) is 2.82. The van der Waals surface area contributed by atoms with Crippen LogP contribution in [0.2, 0.25) is 0 Å². The zero-order valence-electron chi connectivity index (χ0n) is 10.7. The molecule has 0 radical (unpaired) electrons. The molecule has 5 nitrogen and oxygen atoms in total. The predicted molar refractivity (Wildman–Crippen MR) is 74.2 cm³/mol. The number of nitrogens with two attached hydrogens (primary N) is 1. The van der Waals surface area contributed by atoms with Crippen LogP contribution in [0.5, 0.6) is 0 Å². The number of aromatic nitrogens is 2. The summed E-state index contributed by atoms with van der Waals surface area (Å²) in [5.74, 6) is 0.722. The zero-order valence-corrected chi connectivity index (χ0v) is 11.5. The van der Waals surface area contributed by atoms with Gasteiger partial charge < -0.3 is 16.0 Å². The second-order valence-electron chi connectivity index (χ2n) is 4.71. The van der Waals surface area contributed by atoms with Crippen molar-refractivity contribution >= 4 is 23.0 Å². The van der Waals surface area contributed by atoms with Crippen LogP contribution in [0.4, 0.5) is 5.82 Å². The Bertz CT molecular complexity index is 385. The fourth-order valence-electron chi connectivity index (χ4n) is 1.01. The number of hydrogen-bond acceptors (Lipinski definition) is 5. The Morgan fingerprint density at radius 2 is 2.06 bits per heavy atom. The molecule has 94 valence electrons. The van der Waals surface area contributed by atoms with Gasteiger partial charge in [-0.2, -0.15) is 0 Å². The van der Waals surface area contributed by atoms with Crippen molar-refractivity contribution in [3.63, 3.8) is 0 Å². The monoisotopic (exact) mass is 253 g/mol. The molecule has 0 saturated heterocycles. The second-order valence-corrected chi connectivity index (χ2v) is 5.15. The summed E-state index contributed by atoms with van der Waals surface area (Å²) in [4.78, 5) is 10.7. The van der Waals surface area contributed by atoms with Crippen molar-refractivity contribution in [2.75, 3.05) is 26.0 Å². The van der Waals surface area contributed by atoms with Crippen molar-refractivity contribution in [1.29, 1.82) is 0 Å². The van der Waals surface area contributed by atoms with Crippen molar-refractivity contribution in [2.24, 2.45) is 5.73 Å². The van der Waals surface area contributed by atoms with Gasteiger partial charge in [-0.05, 0) is 27.9 Å². The van der Waals surface area contributed by atoms with Gasteiger partial charge in [0.25, 0.3) is 0 Å². The molecule has 0 bridgehead atoms. The van der Waals surface area contributed by atoms with Crippen LogP contribution < -0.4 is 11.1 Å². The minimum Gasteiger partial charge on any atom is -0.388 e. The Kier molecular flexibility index (Phi) is 4.36. The first-order chi connectivity index (χ1) is 7.83. The molecule has 1 aromatic rings. The maximum atomic E-state index is 5.45. The Morgan fingerprint density at radius 3 is 2.47 bits per heavy atom. The molecule has 6 heteroatoms. The molecular formula is C11H19N5S. The number of likely N-dealkylation sites (N-methyl/N-ethyl adjacent to an activating group) is 1. The van der Waals surface area contributed by atoms with Gasteiger partial charge in [0.1, 0.15) is 16.5 Å². The van der Waals surface area contributed by atoms with E-state index in [9.17, 15) is 0 Å². The van der Waals surface area contributed by atoms with E-state index in [1.165, 1.54) is 0 Å². The third-order valence-corrected chi connectivity index (χ3v) is 3.03. The van der Waals surface area contributed by atoms with Gasteiger partial charge in [0.2, 0.25) is 0 Å². The molecule has 1 heterocycles. The van der Waals surface area contributed by atoms with E-state index in [4.69, 9.17) is 18.0 Å². The Morgan fingerprint density at radius 1 is 1.41 bits per heavy atom. The highest BCUT2D eigenvalue weighted by Gasteiger charge is 2.19.